The molecule has 0 atom stereocenters. The van der Waals surface area contributed by atoms with Crippen molar-refractivity contribution in [2.75, 3.05) is 5.32 Å². The summed E-state index contributed by atoms with van der Waals surface area (Å²) in [6, 6.07) is 18.2. The van der Waals surface area contributed by atoms with Gasteiger partial charge in [-0.25, -0.2) is 4.98 Å². The summed E-state index contributed by atoms with van der Waals surface area (Å²) in [5.74, 6) is 0.748. The molecule has 1 N–H and O–H groups in total. The normalized spacial score (nSPS) is 11.0. The van der Waals surface area contributed by atoms with Gasteiger partial charge in [-0.05, 0) is 17.7 Å². The summed E-state index contributed by atoms with van der Waals surface area (Å²) in [5, 5.41) is 12.5. The van der Waals surface area contributed by atoms with Crippen molar-refractivity contribution in [3.8, 4) is 0 Å². The molecule has 0 amide bonds. The van der Waals surface area contributed by atoms with Crippen LogP contribution in [0.3, 0.4) is 0 Å². The van der Waals surface area contributed by atoms with E-state index >= 15 is 0 Å². The van der Waals surface area contributed by atoms with Crippen molar-refractivity contribution in [2.24, 2.45) is 0 Å². The smallest absolute Gasteiger partial charge is 0.210 e. The third kappa shape index (κ3) is 2.08. The molecule has 0 aliphatic heterocycles. The second-order valence-corrected chi connectivity index (χ2v) is 4.82. The summed E-state index contributed by atoms with van der Waals surface area (Å²) < 4.78 is 1.88. The highest BCUT2D eigenvalue weighted by atomic mass is 15.3. The maximum Gasteiger partial charge on any atom is 0.210 e. The first-order valence-electron chi connectivity index (χ1n) is 6.78. The van der Waals surface area contributed by atoms with Crippen molar-refractivity contribution in [1.82, 2.24) is 19.6 Å². The third-order valence-corrected chi connectivity index (χ3v) is 3.44. The highest BCUT2D eigenvalue weighted by Crippen LogP contribution is 2.20. The predicted octanol–water partition coefficient (Wildman–Crippen LogP) is 2.89. The van der Waals surface area contributed by atoms with Crippen LogP contribution in [-0.2, 0) is 6.54 Å². The standard InChI is InChI=1S/C16H13N5/c1-2-6-12(7-3-1)10-17-16-19-14-9-5-4-8-13(14)15-20-18-11-21(15)16/h1-9,11H,10H2,(H,17,19). The molecule has 0 unspecified atom stereocenters. The minimum Gasteiger partial charge on any atom is -0.351 e. The Morgan fingerprint density at radius 3 is 2.67 bits per heavy atom. The Morgan fingerprint density at radius 1 is 0.952 bits per heavy atom. The van der Waals surface area contributed by atoms with E-state index in [0.29, 0.717) is 6.54 Å². The topological polar surface area (TPSA) is 55.1 Å². The van der Waals surface area contributed by atoms with E-state index in [0.717, 1.165) is 22.5 Å². The molecule has 0 bridgehead atoms. The minimum absolute atomic E-state index is 0.708. The van der Waals surface area contributed by atoms with Crippen molar-refractivity contribution in [2.45, 2.75) is 6.54 Å². The number of fused-ring (bicyclic) bond motifs is 3. The van der Waals surface area contributed by atoms with Gasteiger partial charge in [0.25, 0.3) is 0 Å². The molecule has 0 radical (unpaired) electrons. The van der Waals surface area contributed by atoms with Crippen LogP contribution in [0.2, 0.25) is 0 Å². The number of nitrogens with one attached hydrogen (secondary N) is 1. The average molecular weight is 275 g/mol. The first-order valence-corrected chi connectivity index (χ1v) is 6.78. The van der Waals surface area contributed by atoms with Gasteiger partial charge in [-0.1, -0.05) is 42.5 Å². The Morgan fingerprint density at radius 2 is 1.76 bits per heavy atom. The van der Waals surface area contributed by atoms with Gasteiger partial charge in [-0.3, -0.25) is 4.40 Å². The highest BCUT2D eigenvalue weighted by Gasteiger charge is 2.08. The van der Waals surface area contributed by atoms with Crippen LogP contribution < -0.4 is 5.32 Å². The second kappa shape index (κ2) is 4.86. The molecular formula is C16H13N5. The summed E-state index contributed by atoms with van der Waals surface area (Å²) in [6.07, 6.45) is 1.68. The van der Waals surface area contributed by atoms with Gasteiger partial charge in [0, 0.05) is 11.9 Å². The first-order chi connectivity index (χ1) is 10.4. The lowest BCUT2D eigenvalue weighted by atomic mass is 10.2. The molecule has 5 nitrogen and oxygen atoms in total. The lowest BCUT2D eigenvalue weighted by Crippen LogP contribution is -2.06. The molecule has 2 aromatic carbocycles. The number of aromatic nitrogens is 4. The number of nitrogens with zero attached hydrogens (tertiary/aromatic N) is 4. The summed E-state index contributed by atoms with van der Waals surface area (Å²) in [4.78, 5) is 4.66. The van der Waals surface area contributed by atoms with Crippen molar-refractivity contribution in [3.63, 3.8) is 0 Å². The van der Waals surface area contributed by atoms with E-state index in [4.69, 9.17) is 0 Å². The van der Waals surface area contributed by atoms with Crippen LogP contribution in [0.5, 0.6) is 0 Å². The lowest BCUT2D eigenvalue weighted by Gasteiger charge is -2.09. The molecule has 0 aliphatic carbocycles. The van der Waals surface area contributed by atoms with Crippen LogP contribution in [0.25, 0.3) is 16.6 Å². The zero-order chi connectivity index (χ0) is 14.1. The van der Waals surface area contributed by atoms with Gasteiger partial charge in [0.15, 0.2) is 5.65 Å². The molecular weight excluding hydrogens is 262 g/mol. The Bertz CT molecular complexity index is 898. The summed E-state index contributed by atoms with van der Waals surface area (Å²) in [5.41, 5.74) is 2.93. The number of anilines is 1. The van der Waals surface area contributed by atoms with Gasteiger partial charge in [0.05, 0.1) is 5.52 Å². The van der Waals surface area contributed by atoms with Gasteiger partial charge in [0.1, 0.15) is 6.33 Å². The Balaban J connectivity index is 1.78. The van der Waals surface area contributed by atoms with Crippen LogP contribution in [0.1, 0.15) is 5.56 Å². The van der Waals surface area contributed by atoms with E-state index in [1.165, 1.54) is 5.56 Å². The molecule has 4 aromatic rings. The van der Waals surface area contributed by atoms with Crippen LogP contribution in [-0.4, -0.2) is 19.6 Å². The predicted molar refractivity (Wildman–Crippen MR) is 82.1 cm³/mol. The fourth-order valence-corrected chi connectivity index (χ4v) is 2.40. The van der Waals surface area contributed by atoms with Crippen molar-refractivity contribution >= 4 is 22.5 Å². The Kier molecular flexibility index (Phi) is 2.74. The lowest BCUT2D eigenvalue weighted by molar-refractivity contribution is 1.02. The average Bonchev–Trinajstić information content (AvgIpc) is 3.04. The largest absolute Gasteiger partial charge is 0.351 e. The molecule has 0 saturated heterocycles. The van der Waals surface area contributed by atoms with Crippen LogP contribution in [0, 0.1) is 0 Å². The van der Waals surface area contributed by atoms with E-state index in [1.54, 1.807) is 6.33 Å². The molecule has 102 valence electrons. The highest BCUT2D eigenvalue weighted by molar-refractivity contribution is 5.92. The van der Waals surface area contributed by atoms with Crippen molar-refractivity contribution in [1.29, 1.82) is 0 Å². The van der Waals surface area contributed by atoms with Gasteiger partial charge in [0.2, 0.25) is 5.95 Å². The Hall–Kier alpha value is -2.95. The molecule has 5 heteroatoms. The van der Waals surface area contributed by atoms with Crippen molar-refractivity contribution < 1.29 is 0 Å². The molecule has 21 heavy (non-hydrogen) atoms. The maximum atomic E-state index is 4.66. The number of para-hydroxylation sites is 1. The number of hydrogen-bond donors (Lipinski definition) is 1. The van der Waals surface area contributed by atoms with E-state index in [1.807, 2.05) is 46.9 Å². The monoisotopic (exact) mass is 275 g/mol. The summed E-state index contributed by atoms with van der Waals surface area (Å²) >= 11 is 0. The van der Waals surface area contributed by atoms with E-state index in [2.05, 4.69) is 32.6 Å². The molecule has 0 fully saturated rings. The van der Waals surface area contributed by atoms with Gasteiger partial charge in [-0.2, -0.15) is 0 Å². The number of benzene rings is 2. The van der Waals surface area contributed by atoms with E-state index < -0.39 is 0 Å². The van der Waals surface area contributed by atoms with Gasteiger partial charge in [-0.15, -0.1) is 10.2 Å². The number of rotatable bonds is 3. The maximum absolute atomic E-state index is 4.66. The fraction of sp³-hybridized carbons (Fsp3) is 0.0625. The van der Waals surface area contributed by atoms with Crippen LogP contribution in [0.4, 0.5) is 5.95 Å². The zero-order valence-electron chi connectivity index (χ0n) is 11.3. The molecule has 0 aliphatic rings. The Labute approximate surface area is 121 Å². The minimum atomic E-state index is 0.708. The van der Waals surface area contributed by atoms with E-state index in [9.17, 15) is 0 Å². The van der Waals surface area contributed by atoms with Gasteiger partial charge >= 0.3 is 0 Å². The summed E-state index contributed by atoms with van der Waals surface area (Å²) in [6.45, 7) is 0.708. The number of hydrogen-bond acceptors (Lipinski definition) is 4. The van der Waals surface area contributed by atoms with Crippen LogP contribution >= 0.6 is 0 Å². The molecule has 2 heterocycles. The SMILES string of the molecule is c1ccc(CNc2nc3ccccc3c3nncn23)cc1. The van der Waals surface area contributed by atoms with E-state index in [-0.39, 0.29) is 0 Å². The van der Waals surface area contributed by atoms with Crippen LogP contribution in [0.15, 0.2) is 60.9 Å². The fourth-order valence-electron chi connectivity index (χ4n) is 2.40. The quantitative estimate of drug-likeness (QED) is 0.624. The molecule has 4 rings (SSSR count). The van der Waals surface area contributed by atoms with Gasteiger partial charge < -0.3 is 5.32 Å². The molecule has 2 aromatic heterocycles. The molecule has 0 spiro atoms. The summed E-state index contributed by atoms with van der Waals surface area (Å²) in [7, 11) is 0. The first kappa shape index (κ1) is 11.8. The van der Waals surface area contributed by atoms with Crippen molar-refractivity contribution in [3.05, 3.63) is 66.5 Å². The molecule has 0 saturated carbocycles. The third-order valence-electron chi connectivity index (χ3n) is 3.44. The zero-order valence-corrected chi connectivity index (χ0v) is 11.3. The second-order valence-electron chi connectivity index (χ2n) is 4.82.